The van der Waals surface area contributed by atoms with Gasteiger partial charge in [0, 0.05) is 45.0 Å². The molecule has 0 aromatic heterocycles. The van der Waals surface area contributed by atoms with Gasteiger partial charge in [-0.3, -0.25) is 9.69 Å². The Bertz CT molecular complexity index is 480. The van der Waals surface area contributed by atoms with Crippen LogP contribution in [0.2, 0.25) is 0 Å². The Morgan fingerprint density at radius 1 is 1.17 bits per heavy atom. The van der Waals surface area contributed by atoms with Crippen molar-refractivity contribution >= 4 is 11.6 Å². The minimum atomic E-state index is -0.204. The van der Waals surface area contributed by atoms with Crippen molar-refractivity contribution in [1.82, 2.24) is 10.2 Å². The van der Waals surface area contributed by atoms with E-state index in [2.05, 4.69) is 45.4 Å². The van der Waals surface area contributed by atoms with E-state index in [1.54, 1.807) is 0 Å². The van der Waals surface area contributed by atoms with Crippen molar-refractivity contribution in [1.29, 1.82) is 0 Å². The average molecular weight is 317 g/mol. The van der Waals surface area contributed by atoms with Gasteiger partial charge >= 0.3 is 0 Å². The number of carbonyl (C=O) groups excluding carboxylic acids is 1. The van der Waals surface area contributed by atoms with Crippen LogP contribution in [0.5, 0.6) is 0 Å². The number of nitrogens with one attached hydrogen (secondary N) is 1. The average Bonchev–Trinajstić information content (AvgIpc) is 3.15. The number of hydrogen-bond acceptors (Lipinski definition) is 4. The number of benzene rings is 1. The standard InChI is InChI=1S/C18H27N3O2/c22-18(17-8-4-15-23-17)19-9-5-10-20-11-13-21(14-12-20)16-6-2-1-3-7-16/h1-3,6-7,17H,4-5,8-15H2,(H,19,22). The summed E-state index contributed by atoms with van der Waals surface area (Å²) in [6.07, 6.45) is 2.67. The van der Waals surface area contributed by atoms with Gasteiger partial charge in [0.15, 0.2) is 0 Å². The summed E-state index contributed by atoms with van der Waals surface area (Å²) >= 11 is 0. The lowest BCUT2D eigenvalue weighted by molar-refractivity contribution is -0.130. The van der Waals surface area contributed by atoms with E-state index in [4.69, 9.17) is 4.74 Å². The van der Waals surface area contributed by atoms with Crippen LogP contribution in [0.25, 0.3) is 0 Å². The summed E-state index contributed by atoms with van der Waals surface area (Å²) in [7, 11) is 0. The summed E-state index contributed by atoms with van der Waals surface area (Å²) in [5, 5.41) is 3.00. The Morgan fingerprint density at radius 2 is 1.96 bits per heavy atom. The normalized spacial score (nSPS) is 22.3. The fourth-order valence-corrected chi connectivity index (χ4v) is 3.28. The summed E-state index contributed by atoms with van der Waals surface area (Å²) in [5.74, 6) is 0.0661. The second-order valence-electron chi connectivity index (χ2n) is 6.31. The molecule has 3 rings (SSSR count). The largest absolute Gasteiger partial charge is 0.369 e. The van der Waals surface area contributed by atoms with Crippen molar-refractivity contribution in [3.8, 4) is 0 Å². The van der Waals surface area contributed by atoms with Crippen LogP contribution in [0.4, 0.5) is 5.69 Å². The minimum absolute atomic E-state index is 0.0661. The van der Waals surface area contributed by atoms with Gasteiger partial charge in [0.1, 0.15) is 6.10 Å². The van der Waals surface area contributed by atoms with E-state index in [0.717, 1.165) is 65.1 Å². The third-order valence-corrected chi connectivity index (χ3v) is 4.67. The predicted molar refractivity (Wildman–Crippen MR) is 91.7 cm³/mol. The van der Waals surface area contributed by atoms with Gasteiger partial charge in [-0.1, -0.05) is 18.2 Å². The molecule has 2 aliphatic heterocycles. The lowest BCUT2D eigenvalue weighted by Crippen LogP contribution is -2.47. The summed E-state index contributed by atoms with van der Waals surface area (Å²) in [4.78, 5) is 16.8. The second kappa shape index (κ2) is 8.31. The van der Waals surface area contributed by atoms with Crippen LogP contribution >= 0.6 is 0 Å². The number of nitrogens with zero attached hydrogens (tertiary/aromatic N) is 2. The monoisotopic (exact) mass is 317 g/mol. The Morgan fingerprint density at radius 3 is 2.65 bits per heavy atom. The molecule has 1 atom stereocenters. The first-order valence-corrected chi connectivity index (χ1v) is 8.74. The molecule has 1 N–H and O–H groups in total. The quantitative estimate of drug-likeness (QED) is 0.808. The van der Waals surface area contributed by atoms with Gasteiger partial charge < -0.3 is 15.0 Å². The molecular weight excluding hydrogens is 290 g/mol. The molecule has 5 heteroatoms. The van der Waals surface area contributed by atoms with E-state index >= 15 is 0 Å². The van der Waals surface area contributed by atoms with Gasteiger partial charge in [-0.2, -0.15) is 0 Å². The number of anilines is 1. The number of para-hydroxylation sites is 1. The Balaban J connectivity index is 1.29. The molecule has 2 heterocycles. The topological polar surface area (TPSA) is 44.8 Å². The number of rotatable bonds is 6. The van der Waals surface area contributed by atoms with Crippen LogP contribution in [-0.2, 0) is 9.53 Å². The summed E-state index contributed by atoms with van der Waals surface area (Å²) < 4.78 is 5.39. The highest BCUT2D eigenvalue weighted by molar-refractivity contribution is 5.80. The Hall–Kier alpha value is -1.59. The molecule has 2 saturated heterocycles. The maximum atomic E-state index is 11.8. The van der Waals surface area contributed by atoms with Crippen molar-refractivity contribution < 1.29 is 9.53 Å². The molecule has 1 unspecified atom stereocenters. The minimum Gasteiger partial charge on any atom is -0.369 e. The number of ether oxygens (including phenoxy) is 1. The lowest BCUT2D eigenvalue weighted by Gasteiger charge is -2.36. The molecule has 5 nitrogen and oxygen atoms in total. The van der Waals surface area contributed by atoms with Crippen LogP contribution < -0.4 is 10.2 Å². The van der Waals surface area contributed by atoms with Gasteiger partial charge in [-0.05, 0) is 37.9 Å². The van der Waals surface area contributed by atoms with E-state index in [1.807, 2.05) is 0 Å². The number of carbonyl (C=O) groups is 1. The van der Waals surface area contributed by atoms with E-state index in [1.165, 1.54) is 5.69 Å². The van der Waals surface area contributed by atoms with Crippen LogP contribution in [0.1, 0.15) is 19.3 Å². The van der Waals surface area contributed by atoms with Crippen molar-refractivity contribution in [2.45, 2.75) is 25.4 Å². The van der Waals surface area contributed by atoms with Crippen LogP contribution in [0.3, 0.4) is 0 Å². The maximum Gasteiger partial charge on any atom is 0.249 e. The molecule has 1 aromatic rings. The highest BCUT2D eigenvalue weighted by Crippen LogP contribution is 2.15. The third-order valence-electron chi connectivity index (χ3n) is 4.67. The fourth-order valence-electron chi connectivity index (χ4n) is 3.28. The smallest absolute Gasteiger partial charge is 0.249 e. The molecule has 23 heavy (non-hydrogen) atoms. The third kappa shape index (κ3) is 4.69. The van der Waals surface area contributed by atoms with Gasteiger partial charge in [0.25, 0.3) is 0 Å². The van der Waals surface area contributed by atoms with Gasteiger partial charge in [0.2, 0.25) is 5.91 Å². The fraction of sp³-hybridized carbons (Fsp3) is 0.611. The molecule has 126 valence electrons. The molecule has 0 bridgehead atoms. The van der Waals surface area contributed by atoms with Crippen molar-refractivity contribution in [3.63, 3.8) is 0 Å². The predicted octanol–water partition coefficient (Wildman–Crippen LogP) is 1.49. The first-order chi connectivity index (χ1) is 11.3. The maximum absolute atomic E-state index is 11.8. The molecule has 1 amide bonds. The van der Waals surface area contributed by atoms with Crippen molar-refractivity contribution in [2.24, 2.45) is 0 Å². The van der Waals surface area contributed by atoms with Crippen molar-refractivity contribution in [3.05, 3.63) is 30.3 Å². The van der Waals surface area contributed by atoms with E-state index < -0.39 is 0 Å². The second-order valence-corrected chi connectivity index (χ2v) is 6.31. The summed E-state index contributed by atoms with van der Waals surface area (Å²) in [6.45, 7) is 6.86. The first kappa shape index (κ1) is 16.3. The van der Waals surface area contributed by atoms with E-state index in [9.17, 15) is 4.79 Å². The number of amides is 1. The first-order valence-electron chi connectivity index (χ1n) is 8.74. The highest BCUT2D eigenvalue weighted by Gasteiger charge is 2.23. The van der Waals surface area contributed by atoms with E-state index in [-0.39, 0.29) is 12.0 Å². The molecule has 0 aliphatic carbocycles. The summed E-state index contributed by atoms with van der Waals surface area (Å²) in [5.41, 5.74) is 1.32. The highest BCUT2D eigenvalue weighted by atomic mass is 16.5. The van der Waals surface area contributed by atoms with Crippen molar-refractivity contribution in [2.75, 3.05) is 50.8 Å². The molecule has 1 aromatic carbocycles. The summed E-state index contributed by atoms with van der Waals surface area (Å²) in [6, 6.07) is 10.6. The van der Waals surface area contributed by atoms with Gasteiger partial charge in [-0.25, -0.2) is 0 Å². The molecule has 2 aliphatic rings. The van der Waals surface area contributed by atoms with Crippen LogP contribution in [0, 0.1) is 0 Å². The zero-order valence-electron chi connectivity index (χ0n) is 13.7. The zero-order valence-corrected chi connectivity index (χ0v) is 13.7. The molecule has 0 radical (unpaired) electrons. The van der Waals surface area contributed by atoms with E-state index in [0.29, 0.717) is 0 Å². The number of hydrogen-bond donors (Lipinski definition) is 1. The zero-order chi connectivity index (χ0) is 15.9. The Labute approximate surface area is 138 Å². The molecule has 2 fully saturated rings. The lowest BCUT2D eigenvalue weighted by atomic mass is 10.2. The van der Waals surface area contributed by atoms with Gasteiger partial charge in [0.05, 0.1) is 0 Å². The Kier molecular flexibility index (Phi) is 5.88. The van der Waals surface area contributed by atoms with Crippen LogP contribution in [0.15, 0.2) is 30.3 Å². The molecule has 0 spiro atoms. The molecular formula is C18H27N3O2. The number of piperazine rings is 1. The molecule has 0 saturated carbocycles. The SMILES string of the molecule is O=C(NCCCN1CCN(c2ccccc2)CC1)C1CCCO1. The van der Waals surface area contributed by atoms with Gasteiger partial charge in [-0.15, -0.1) is 0 Å². The van der Waals surface area contributed by atoms with Crippen LogP contribution in [-0.4, -0.2) is 62.8 Å².